The molecule has 3 heteroatoms. The van der Waals surface area contributed by atoms with Crippen LogP contribution in [0.3, 0.4) is 0 Å². The molecule has 88 valence electrons. The van der Waals surface area contributed by atoms with Crippen LogP contribution in [-0.2, 0) is 0 Å². The number of nitrogens with zero attached hydrogens (tertiary/aromatic N) is 1. The summed E-state index contributed by atoms with van der Waals surface area (Å²) in [7, 11) is 0. The fraction of sp³-hybridized carbons (Fsp3) is 0.214. The van der Waals surface area contributed by atoms with Crippen molar-refractivity contribution in [1.82, 2.24) is 4.98 Å². The van der Waals surface area contributed by atoms with Crippen molar-refractivity contribution in [2.24, 2.45) is 5.73 Å². The summed E-state index contributed by atoms with van der Waals surface area (Å²) in [5, 5.41) is 0. The molecular weight excluding hydrogens is 215 g/mol. The van der Waals surface area contributed by atoms with E-state index in [9.17, 15) is 4.39 Å². The van der Waals surface area contributed by atoms with Gasteiger partial charge >= 0.3 is 0 Å². The standard InChI is InChI=1S/C14H15FN2/c1-9-3-4-13(15)12(7-9)14(16)11-5-6-17-10(2)8-11/h3-8,14H,16H2,1-2H3. The zero-order chi connectivity index (χ0) is 12.4. The fourth-order valence-electron chi connectivity index (χ4n) is 1.84. The normalized spacial score (nSPS) is 12.5. The Hall–Kier alpha value is -1.74. The summed E-state index contributed by atoms with van der Waals surface area (Å²) in [6.45, 7) is 3.82. The number of aryl methyl sites for hydroxylation is 2. The van der Waals surface area contributed by atoms with Crippen LogP contribution in [0.1, 0.15) is 28.4 Å². The van der Waals surface area contributed by atoms with Crippen molar-refractivity contribution in [3.63, 3.8) is 0 Å². The molecule has 0 saturated carbocycles. The number of aromatic nitrogens is 1. The van der Waals surface area contributed by atoms with Gasteiger partial charge in [0, 0.05) is 17.5 Å². The molecule has 0 aliphatic carbocycles. The lowest BCUT2D eigenvalue weighted by molar-refractivity contribution is 0.599. The minimum absolute atomic E-state index is 0.266. The van der Waals surface area contributed by atoms with E-state index < -0.39 is 6.04 Å². The van der Waals surface area contributed by atoms with Crippen LogP contribution in [-0.4, -0.2) is 4.98 Å². The highest BCUT2D eigenvalue weighted by Gasteiger charge is 2.13. The van der Waals surface area contributed by atoms with E-state index in [0.717, 1.165) is 16.8 Å². The van der Waals surface area contributed by atoms with E-state index in [2.05, 4.69) is 4.98 Å². The van der Waals surface area contributed by atoms with Crippen molar-refractivity contribution in [1.29, 1.82) is 0 Å². The summed E-state index contributed by atoms with van der Waals surface area (Å²) in [6, 6.07) is 8.24. The summed E-state index contributed by atoms with van der Waals surface area (Å²) in [5.74, 6) is -0.266. The van der Waals surface area contributed by atoms with Gasteiger partial charge in [0.1, 0.15) is 5.82 Å². The van der Waals surface area contributed by atoms with Gasteiger partial charge in [-0.15, -0.1) is 0 Å². The average molecular weight is 230 g/mol. The Morgan fingerprint density at radius 3 is 2.65 bits per heavy atom. The van der Waals surface area contributed by atoms with Crippen molar-refractivity contribution in [3.8, 4) is 0 Å². The Labute approximate surface area is 100 Å². The third-order valence-electron chi connectivity index (χ3n) is 2.77. The second-order valence-electron chi connectivity index (χ2n) is 4.23. The van der Waals surface area contributed by atoms with Crippen LogP contribution >= 0.6 is 0 Å². The molecule has 2 aromatic rings. The second kappa shape index (κ2) is 4.63. The maximum atomic E-state index is 13.7. The van der Waals surface area contributed by atoms with Gasteiger partial charge < -0.3 is 5.73 Å². The Balaban J connectivity index is 2.43. The van der Waals surface area contributed by atoms with Crippen LogP contribution in [0.2, 0.25) is 0 Å². The number of hydrogen-bond donors (Lipinski definition) is 1. The molecule has 0 radical (unpaired) electrons. The Morgan fingerprint density at radius 1 is 1.18 bits per heavy atom. The molecule has 1 unspecified atom stereocenters. The third-order valence-corrected chi connectivity index (χ3v) is 2.77. The molecule has 2 nitrogen and oxygen atoms in total. The molecule has 2 rings (SSSR count). The summed E-state index contributed by atoms with van der Waals surface area (Å²) >= 11 is 0. The van der Waals surface area contributed by atoms with E-state index in [1.165, 1.54) is 6.07 Å². The monoisotopic (exact) mass is 230 g/mol. The van der Waals surface area contributed by atoms with Crippen LogP contribution < -0.4 is 5.73 Å². The van der Waals surface area contributed by atoms with Crippen molar-refractivity contribution in [2.45, 2.75) is 19.9 Å². The molecule has 1 heterocycles. The van der Waals surface area contributed by atoms with Gasteiger partial charge in [-0.05, 0) is 37.6 Å². The molecule has 1 atom stereocenters. The fourth-order valence-corrected chi connectivity index (χ4v) is 1.84. The van der Waals surface area contributed by atoms with Crippen molar-refractivity contribution >= 4 is 0 Å². The molecule has 1 aromatic heterocycles. The lowest BCUT2D eigenvalue weighted by Gasteiger charge is -2.14. The lowest BCUT2D eigenvalue weighted by atomic mass is 9.98. The maximum Gasteiger partial charge on any atom is 0.128 e. The molecule has 0 aliphatic heterocycles. The van der Waals surface area contributed by atoms with Crippen LogP contribution in [0.5, 0.6) is 0 Å². The van der Waals surface area contributed by atoms with E-state index in [4.69, 9.17) is 5.73 Å². The average Bonchev–Trinajstić information content (AvgIpc) is 2.31. The summed E-state index contributed by atoms with van der Waals surface area (Å²) in [4.78, 5) is 4.11. The summed E-state index contributed by atoms with van der Waals surface area (Å²) in [6.07, 6.45) is 1.69. The number of rotatable bonds is 2. The first-order valence-electron chi connectivity index (χ1n) is 5.52. The van der Waals surface area contributed by atoms with Gasteiger partial charge in [0.25, 0.3) is 0 Å². The highest BCUT2D eigenvalue weighted by Crippen LogP contribution is 2.23. The molecule has 0 aliphatic rings. The van der Waals surface area contributed by atoms with E-state index >= 15 is 0 Å². The lowest BCUT2D eigenvalue weighted by Crippen LogP contribution is -2.14. The molecule has 0 bridgehead atoms. The third kappa shape index (κ3) is 2.50. The first-order valence-corrected chi connectivity index (χ1v) is 5.52. The molecule has 17 heavy (non-hydrogen) atoms. The van der Waals surface area contributed by atoms with Crippen LogP contribution in [0.15, 0.2) is 36.5 Å². The molecular formula is C14H15FN2. The van der Waals surface area contributed by atoms with Crippen LogP contribution in [0, 0.1) is 19.7 Å². The Kier molecular flexibility index (Phi) is 3.20. The molecule has 2 N–H and O–H groups in total. The predicted octanol–water partition coefficient (Wildman–Crippen LogP) is 2.89. The second-order valence-corrected chi connectivity index (χ2v) is 4.23. The highest BCUT2D eigenvalue weighted by atomic mass is 19.1. The summed E-state index contributed by atoms with van der Waals surface area (Å²) < 4.78 is 13.7. The minimum Gasteiger partial charge on any atom is -0.320 e. The molecule has 0 amide bonds. The maximum absolute atomic E-state index is 13.7. The van der Waals surface area contributed by atoms with E-state index in [0.29, 0.717) is 5.56 Å². The zero-order valence-corrected chi connectivity index (χ0v) is 9.94. The number of nitrogens with two attached hydrogens (primary N) is 1. The number of pyridine rings is 1. The smallest absolute Gasteiger partial charge is 0.128 e. The number of hydrogen-bond acceptors (Lipinski definition) is 2. The van der Waals surface area contributed by atoms with Gasteiger partial charge in [-0.3, -0.25) is 4.98 Å². The van der Waals surface area contributed by atoms with Gasteiger partial charge in [-0.2, -0.15) is 0 Å². The number of halogens is 1. The molecule has 0 saturated heterocycles. The topological polar surface area (TPSA) is 38.9 Å². The quantitative estimate of drug-likeness (QED) is 0.861. The van der Waals surface area contributed by atoms with Gasteiger partial charge in [0.2, 0.25) is 0 Å². The number of benzene rings is 1. The Bertz CT molecular complexity index is 537. The van der Waals surface area contributed by atoms with Gasteiger partial charge in [0.05, 0.1) is 6.04 Å². The van der Waals surface area contributed by atoms with Crippen molar-refractivity contribution < 1.29 is 4.39 Å². The highest BCUT2D eigenvalue weighted by molar-refractivity contribution is 5.34. The molecule has 1 aromatic carbocycles. The van der Waals surface area contributed by atoms with Gasteiger partial charge in [0.15, 0.2) is 0 Å². The van der Waals surface area contributed by atoms with E-state index in [-0.39, 0.29) is 5.82 Å². The zero-order valence-electron chi connectivity index (χ0n) is 9.94. The first-order chi connectivity index (χ1) is 8.08. The molecule has 0 spiro atoms. The van der Waals surface area contributed by atoms with Gasteiger partial charge in [-0.1, -0.05) is 17.7 Å². The molecule has 0 fully saturated rings. The van der Waals surface area contributed by atoms with Crippen LogP contribution in [0.4, 0.5) is 4.39 Å². The van der Waals surface area contributed by atoms with E-state index in [1.807, 2.05) is 26.0 Å². The first kappa shape index (κ1) is 11.7. The minimum atomic E-state index is -0.448. The van der Waals surface area contributed by atoms with Crippen molar-refractivity contribution in [3.05, 3.63) is 64.7 Å². The predicted molar refractivity (Wildman–Crippen MR) is 66.1 cm³/mol. The van der Waals surface area contributed by atoms with Gasteiger partial charge in [-0.25, -0.2) is 4.39 Å². The largest absolute Gasteiger partial charge is 0.320 e. The summed E-state index contributed by atoms with van der Waals surface area (Å²) in [5.41, 5.74) is 9.37. The van der Waals surface area contributed by atoms with Crippen LogP contribution in [0.25, 0.3) is 0 Å². The SMILES string of the molecule is Cc1ccc(F)c(C(N)c2ccnc(C)c2)c1. The van der Waals surface area contributed by atoms with E-state index in [1.54, 1.807) is 18.3 Å². The van der Waals surface area contributed by atoms with Crippen molar-refractivity contribution in [2.75, 3.05) is 0 Å². The Morgan fingerprint density at radius 2 is 1.94 bits per heavy atom.